The van der Waals surface area contributed by atoms with Gasteiger partial charge in [-0.05, 0) is 67.5 Å². The zero-order valence-electron chi connectivity index (χ0n) is 20.2. The number of rotatable bonds is 9. The number of nitrogens with zero attached hydrogens (tertiary/aromatic N) is 2. The van der Waals surface area contributed by atoms with Gasteiger partial charge in [-0.25, -0.2) is 0 Å². The van der Waals surface area contributed by atoms with Gasteiger partial charge < -0.3 is 14.5 Å². The molecule has 1 aliphatic heterocycles. The van der Waals surface area contributed by atoms with Crippen molar-refractivity contribution in [3.63, 3.8) is 0 Å². The first-order valence-electron chi connectivity index (χ1n) is 12.0. The third kappa shape index (κ3) is 6.21. The quantitative estimate of drug-likeness (QED) is 0.311. The Morgan fingerprint density at radius 1 is 1.17 bits per heavy atom. The Labute approximate surface area is 219 Å². The Balaban J connectivity index is 1.58. The molecule has 184 valence electrons. The first-order chi connectivity index (χ1) is 17.0. The van der Waals surface area contributed by atoms with Crippen LogP contribution >= 0.6 is 27.3 Å². The molecule has 2 heterocycles. The van der Waals surface area contributed by atoms with Gasteiger partial charge in [0.2, 0.25) is 5.91 Å². The summed E-state index contributed by atoms with van der Waals surface area (Å²) in [7, 11) is 0. The van der Waals surface area contributed by atoms with Gasteiger partial charge >= 0.3 is 0 Å². The van der Waals surface area contributed by atoms with Gasteiger partial charge in [-0.3, -0.25) is 9.59 Å². The van der Waals surface area contributed by atoms with Gasteiger partial charge in [0.1, 0.15) is 6.54 Å². The van der Waals surface area contributed by atoms with Gasteiger partial charge in [-0.2, -0.15) is 0 Å². The first-order valence-corrected chi connectivity index (χ1v) is 13.7. The second kappa shape index (κ2) is 12.0. The zero-order valence-corrected chi connectivity index (χ0v) is 22.6. The number of halogens is 1. The second-order valence-electron chi connectivity index (χ2n) is 8.74. The molecule has 1 aromatic heterocycles. The summed E-state index contributed by atoms with van der Waals surface area (Å²) in [5.74, 6) is -0.177. The van der Waals surface area contributed by atoms with Crippen molar-refractivity contribution in [1.29, 1.82) is 0 Å². The summed E-state index contributed by atoms with van der Waals surface area (Å²) < 4.78 is 6.32. The molecular weight excluding hydrogens is 524 g/mol. The fourth-order valence-corrected chi connectivity index (χ4v) is 5.81. The minimum Gasteiger partial charge on any atom is -0.382 e. The molecular formula is C28H31BrN2O3S. The van der Waals surface area contributed by atoms with Gasteiger partial charge in [0.05, 0.1) is 6.04 Å². The number of hydrogen-bond acceptors (Lipinski definition) is 4. The molecule has 3 aromatic rings. The van der Waals surface area contributed by atoms with E-state index in [0.717, 1.165) is 16.5 Å². The van der Waals surface area contributed by atoms with Crippen molar-refractivity contribution in [3.05, 3.63) is 91.6 Å². The number of carbonyl (C=O) groups is 2. The summed E-state index contributed by atoms with van der Waals surface area (Å²) in [4.78, 5) is 32.1. The molecule has 5 nitrogen and oxygen atoms in total. The SMILES string of the molecule is CCOCCCN(CC(=O)N1CCc2sccc2C1c1ccc(C)cc1)C(=O)c1cccc(Br)c1. The summed E-state index contributed by atoms with van der Waals surface area (Å²) >= 11 is 5.20. The molecule has 0 saturated carbocycles. The van der Waals surface area contributed by atoms with E-state index in [1.807, 2.05) is 24.0 Å². The molecule has 0 radical (unpaired) electrons. The van der Waals surface area contributed by atoms with Crippen LogP contribution in [-0.2, 0) is 16.0 Å². The van der Waals surface area contributed by atoms with Gasteiger partial charge in [0.25, 0.3) is 5.91 Å². The topological polar surface area (TPSA) is 49.9 Å². The minimum absolute atomic E-state index is 0.0350. The molecule has 1 unspecified atom stereocenters. The summed E-state index contributed by atoms with van der Waals surface area (Å²) in [5, 5.41) is 2.11. The smallest absolute Gasteiger partial charge is 0.254 e. The largest absolute Gasteiger partial charge is 0.382 e. The average Bonchev–Trinajstić information content (AvgIpc) is 3.34. The lowest BCUT2D eigenvalue weighted by Crippen LogP contribution is -2.47. The molecule has 7 heteroatoms. The molecule has 0 N–H and O–H groups in total. The van der Waals surface area contributed by atoms with Crippen LogP contribution in [0.1, 0.15) is 51.3 Å². The molecule has 1 atom stereocenters. The Kier molecular flexibility index (Phi) is 8.76. The summed E-state index contributed by atoms with van der Waals surface area (Å²) in [6.07, 6.45) is 1.52. The number of ether oxygens (including phenoxy) is 1. The maximum Gasteiger partial charge on any atom is 0.254 e. The average molecular weight is 556 g/mol. The lowest BCUT2D eigenvalue weighted by molar-refractivity contribution is -0.134. The van der Waals surface area contributed by atoms with E-state index in [9.17, 15) is 9.59 Å². The van der Waals surface area contributed by atoms with E-state index in [-0.39, 0.29) is 24.4 Å². The molecule has 0 spiro atoms. The van der Waals surface area contributed by atoms with Crippen LogP contribution in [-0.4, -0.2) is 54.5 Å². The highest BCUT2D eigenvalue weighted by atomic mass is 79.9. The summed E-state index contributed by atoms with van der Waals surface area (Å²) in [6.45, 7) is 6.35. The van der Waals surface area contributed by atoms with E-state index >= 15 is 0 Å². The Bertz CT molecular complexity index is 1160. The number of thiophene rings is 1. The number of amides is 2. The molecule has 1 aliphatic rings. The highest BCUT2D eigenvalue weighted by molar-refractivity contribution is 9.10. The van der Waals surface area contributed by atoms with Crippen LogP contribution in [0.2, 0.25) is 0 Å². The summed E-state index contributed by atoms with van der Waals surface area (Å²) in [5.41, 5.74) is 4.05. The van der Waals surface area contributed by atoms with Gasteiger partial charge in [-0.15, -0.1) is 11.3 Å². The molecule has 2 aromatic carbocycles. The molecule has 0 aliphatic carbocycles. The number of hydrogen-bond donors (Lipinski definition) is 0. The monoisotopic (exact) mass is 554 g/mol. The minimum atomic E-state index is -0.142. The maximum atomic E-state index is 13.8. The van der Waals surface area contributed by atoms with Crippen LogP contribution in [0.5, 0.6) is 0 Å². The maximum absolute atomic E-state index is 13.8. The van der Waals surface area contributed by atoms with Crippen molar-refractivity contribution < 1.29 is 14.3 Å². The van der Waals surface area contributed by atoms with E-state index in [2.05, 4.69) is 58.6 Å². The Morgan fingerprint density at radius 3 is 2.71 bits per heavy atom. The highest BCUT2D eigenvalue weighted by Gasteiger charge is 2.34. The fourth-order valence-electron chi connectivity index (χ4n) is 4.51. The third-order valence-electron chi connectivity index (χ3n) is 6.29. The number of carbonyl (C=O) groups excluding carboxylic acids is 2. The van der Waals surface area contributed by atoms with Crippen molar-refractivity contribution in [2.75, 3.05) is 32.8 Å². The molecule has 35 heavy (non-hydrogen) atoms. The van der Waals surface area contributed by atoms with Crippen molar-refractivity contribution in [1.82, 2.24) is 9.80 Å². The van der Waals surface area contributed by atoms with Crippen LogP contribution in [0.4, 0.5) is 0 Å². The molecule has 0 saturated heterocycles. The van der Waals surface area contributed by atoms with Gasteiger partial charge in [-0.1, -0.05) is 51.8 Å². The molecule has 0 fully saturated rings. The van der Waals surface area contributed by atoms with Gasteiger partial charge in [0, 0.05) is 41.2 Å². The molecule has 2 amide bonds. The van der Waals surface area contributed by atoms with E-state index < -0.39 is 0 Å². The summed E-state index contributed by atoms with van der Waals surface area (Å²) in [6, 6.07) is 17.7. The van der Waals surface area contributed by atoms with E-state index in [0.29, 0.717) is 38.3 Å². The van der Waals surface area contributed by atoms with Crippen molar-refractivity contribution >= 4 is 39.1 Å². The fraction of sp³-hybridized carbons (Fsp3) is 0.357. The van der Waals surface area contributed by atoms with Gasteiger partial charge in [0.15, 0.2) is 0 Å². The first kappa shape index (κ1) is 25.6. The predicted molar refractivity (Wildman–Crippen MR) is 144 cm³/mol. The van der Waals surface area contributed by atoms with Crippen LogP contribution < -0.4 is 0 Å². The molecule has 0 bridgehead atoms. The van der Waals surface area contributed by atoms with E-state index in [1.54, 1.807) is 28.4 Å². The van der Waals surface area contributed by atoms with E-state index in [1.165, 1.54) is 16.0 Å². The lowest BCUT2D eigenvalue weighted by Gasteiger charge is -2.37. The van der Waals surface area contributed by atoms with E-state index in [4.69, 9.17) is 4.74 Å². The van der Waals surface area contributed by atoms with Crippen molar-refractivity contribution in [3.8, 4) is 0 Å². The molecule has 4 rings (SSSR count). The van der Waals surface area contributed by atoms with Crippen molar-refractivity contribution in [2.45, 2.75) is 32.7 Å². The predicted octanol–water partition coefficient (Wildman–Crippen LogP) is 5.86. The number of fused-ring (bicyclic) bond motifs is 1. The Morgan fingerprint density at radius 2 is 1.97 bits per heavy atom. The van der Waals surface area contributed by atoms with Crippen LogP contribution in [0.3, 0.4) is 0 Å². The van der Waals surface area contributed by atoms with Crippen LogP contribution in [0.15, 0.2) is 64.5 Å². The number of benzene rings is 2. The lowest BCUT2D eigenvalue weighted by atomic mass is 9.92. The Hall–Kier alpha value is -2.48. The normalized spacial score (nSPS) is 15.1. The highest BCUT2D eigenvalue weighted by Crippen LogP contribution is 2.38. The second-order valence-corrected chi connectivity index (χ2v) is 10.7. The van der Waals surface area contributed by atoms with Crippen LogP contribution in [0.25, 0.3) is 0 Å². The third-order valence-corrected chi connectivity index (χ3v) is 7.77. The van der Waals surface area contributed by atoms with Crippen LogP contribution in [0, 0.1) is 6.92 Å². The number of aryl methyl sites for hydroxylation is 1. The van der Waals surface area contributed by atoms with Crippen molar-refractivity contribution in [2.24, 2.45) is 0 Å². The standard InChI is InChI=1S/C28H31BrN2O3S/c1-3-34-16-5-14-30(28(33)22-6-4-7-23(29)18-22)19-26(32)31-15-12-25-24(13-17-35-25)27(31)21-10-8-20(2)9-11-21/h4,6-11,13,17-18,27H,3,5,12,14-16,19H2,1-2H3. The zero-order chi connectivity index (χ0) is 24.8.